The van der Waals surface area contributed by atoms with Gasteiger partial charge in [-0.15, -0.1) is 11.6 Å². The number of hydrogen-bond acceptors (Lipinski definition) is 2. The Kier molecular flexibility index (Phi) is 4.71. The number of rotatable bonds is 5. The fraction of sp³-hybridized carbons (Fsp3) is 0.538. The van der Waals surface area contributed by atoms with Crippen LogP contribution in [0.3, 0.4) is 0 Å². The van der Waals surface area contributed by atoms with Gasteiger partial charge in [-0.3, -0.25) is 0 Å². The fourth-order valence-electron chi connectivity index (χ4n) is 1.93. The molecule has 0 aliphatic carbocycles. The third kappa shape index (κ3) is 4.37. The molecular weight excluding hydrogens is 281 g/mol. The van der Waals surface area contributed by atoms with Crippen LogP contribution < -0.4 is 0 Å². The van der Waals surface area contributed by atoms with Crippen LogP contribution in [0.4, 0.5) is 13.2 Å². The SMILES string of the molecule is FC(F)(F)COCCC(Cl)c1ccc2c(c1)COC2. The number of hydrogen-bond donors (Lipinski definition) is 0. The summed E-state index contributed by atoms with van der Waals surface area (Å²) in [7, 11) is 0. The monoisotopic (exact) mass is 294 g/mol. The average molecular weight is 295 g/mol. The molecule has 2 nitrogen and oxygen atoms in total. The van der Waals surface area contributed by atoms with Gasteiger partial charge in [-0.1, -0.05) is 18.2 Å². The lowest BCUT2D eigenvalue weighted by Crippen LogP contribution is -2.17. The van der Waals surface area contributed by atoms with E-state index in [9.17, 15) is 13.2 Å². The Morgan fingerprint density at radius 1 is 1.26 bits per heavy atom. The summed E-state index contributed by atoms with van der Waals surface area (Å²) in [6, 6.07) is 5.78. The molecule has 0 N–H and O–H groups in total. The molecule has 1 aromatic carbocycles. The van der Waals surface area contributed by atoms with E-state index in [2.05, 4.69) is 4.74 Å². The molecule has 1 atom stereocenters. The van der Waals surface area contributed by atoms with Crippen LogP contribution >= 0.6 is 11.6 Å². The highest BCUT2D eigenvalue weighted by Crippen LogP contribution is 2.29. The van der Waals surface area contributed by atoms with Gasteiger partial charge >= 0.3 is 6.18 Å². The predicted molar refractivity (Wildman–Crippen MR) is 65.0 cm³/mol. The molecule has 19 heavy (non-hydrogen) atoms. The molecule has 6 heteroatoms. The van der Waals surface area contributed by atoms with E-state index in [1.165, 1.54) is 0 Å². The van der Waals surface area contributed by atoms with Gasteiger partial charge < -0.3 is 9.47 Å². The zero-order valence-corrected chi connectivity index (χ0v) is 10.9. The standard InChI is InChI=1S/C13H14ClF3O2/c14-12(3-4-18-8-13(15,16)17)9-1-2-10-6-19-7-11(10)5-9/h1-2,5,12H,3-4,6-8H2. The molecule has 1 heterocycles. The predicted octanol–water partition coefficient (Wildman–Crippen LogP) is 3.97. The van der Waals surface area contributed by atoms with E-state index < -0.39 is 12.8 Å². The average Bonchev–Trinajstić information content (AvgIpc) is 2.80. The molecule has 0 bridgehead atoms. The van der Waals surface area contributed by atoms with Gasteiger partial charge in [0.2, 0.25) is 0 Å². The Bertz CT molecular complexity index is 434. The highest BCUT2D eigenvalue weighted by atomic mass is 35.5. The normalized spacial score (nSPS) is 16.4. The maximum absolute atomic E-state index is 11.9. The maximum atomic E-state index is 11.9. The molecule has 1 aliphatic rings. The van der Waals surface area contributed by atoms with Crippen LogP contribution in [0.2, 0.25) is 0 Å². The second-order valence-corrected chi connectivity index (χ2v) is 4.97. The summed E-state index contributed by atoms with van der Waals surface area (Å²) in [5.41, 5.74) is 3.13. The Labute approximate surface area is 114 Å². The Balaban J connectivity index is 1.81. The minimum atomic E-state index is -4.29. The third-order valence-electron chi connectivity index (χ3n) is 2.89. The van der Waals surface area contributed by atoms with Crippen LogP contribution in [-0.4, -0.2) is 19.4 Å². The summed E-state index contributed by atoms with van der Waals surface area (Å²) in [5.74, 6) is 0. The Hall–Kier alpha value is -0.780. The lowest BCUT2D eigenvalue weighted by Gasteiger charge is -2.12. The lowest BCUT2D eigenvalue weighted by molar-refractivity contribution is -0.174. The van der Waals surface area contributed by atoms with Crippen LogP contribution in [0.5, 0.6) is 0 Å². The second kappa shape index (κ2) is 6.11. The minimum absolute atomic E-state index is 0.0126. The number of ether oxygens (including phenoxy) is 2. The minimum Gasteiger partial charge on any atom is -0.372 e. The molecule has 0 amide bonds. The first-order valence-corrected chi connectivity index (χ1v) is 6.37. The molecule has 1 aromatic rings. The number of benzene rings is 1. The Morgan fingerprint density at radius 3 is 2.74 bits per heavy atom. The van der Waals surface area contributed by atoms with E-state index in [1.807, 2.05) is 18.2 Å². The van der Waals surface area contributed by atoms with E-state index in [0.717, 1.165) is 16.7 Å². The summed E-state index contributed by atoms with van der Waals surface area (Å²) in [6.07, 6.45) is -3.94. The zero-order valence-electron chi connectivity index (χ0n) is 10.2. The van der Waals surface area contributed by atoms with E-state index >= 15 is 0 Å². The third-order valence-corrected chi connectivity index (χ3v) is 3.36. The van der Waals surface area contributed by atoms with Crippen molar-refractivity contribution in [3.05, 3.63) is 34.9 Å². The van der Waals surface area contributed by atoms with Gasteiger partial charge in [-0.25, -0.2) is 0 Å². The van der Waals surface area contributed by atoms with Gasteiger partial charge in [0.25, 0.3) is 0 Å². The molecule has 106 valence electrons. The molecule has 0 radical (unpaired) electrons. The van der Waals surface area contributed by atoms with Crippen molar-refractivity contribution in [3.8, 4) is 0 Å². The molecule has 0 saturated carbocycles. The second-order valence-electron chi connectivity index (χ2n) is 4.44. The van der Waals surface area contributed by atoms with Crippen molar-refractivity contribution >= 4 is 11.6 Å². The van der Waals surface area contributed by atoms with Crippen molar-refractivity contribution in [3.63, 3.8) is 0 Å². The molecule has 1 aliphatic heterocycles. The highest BCUT2D eigenvalue weighted by molar-refractivity contribution is 6.20. The Morgan fingerprint density at radius 2 is 2.00 bits per heavy atom. The smallest absolute Gasteiger partial charge is 0.372 e. The molecule has 1 unspecified atom stereocenters. The van der Waals surface area contributed by atoms with E-state index in [0.29, 0.717) is 19.6 Å². The highest BCUT2D eigenvalue weighted by Gasteiger charge is 2.27. The van der Waals surface area contributed by atoms with E-state index in [-0.39, 0.29) is 12.0 Å². The van der Waals surface area contributed by atoms with Crippen molar-refractivity contribution in [2.75, 3.05) is 13.2 Å². The van der Waals surface area contributed by atoms with Crippen LogP contribution in [0.1, 0.15) is 28.5 Å². The first kappa shape index (κ1) is 14.6. The fourth-order valence-corrected chi connectivity index (χ4v) is 2.15. The van der Waals surface area contributed by atoms with Crippen LogP contribution in [0, 0.1) is 0 Å². The molecule has 0 aromatic heterocycles. The number of alkyl halides is 4. The zero-order chi connectivity index (χ0) is 13.9. The molecule has 0 saturated heterocycles. The molecule has 2 rings (SSSR count). The first-order valence-electron chi connectivity index (χ1n) is 5.94. The summed E-state index contributed by atoms with van der Waals surface area (Å²) in [6.45, 7) is -0.0650. The van der Waals surface area contributed by atoms with Crippen LogP contribution in [-0.2, 0) is 22.7 Å². The largest absolute Gasteiger partial charge is 0.411 e. The van der Waals surface area contributed by atoms with Gasteiger partial charge in [-0.05, 0) is 23.1 Å². The van der Waals surface area contributed by atoms with Gasteiger partial charge in [0.15, 0.2) is 0 Å². The first-order chi connectivity index (χ1) is 8.96. The topological polar surface area (TPSA) is 18.5 Å². The molecule has 0 spiro atoms. The van der Waals surface area contributed by atoms with Gasteiger partial charge in [0, 0.05) is 6.61 Å². The van der Waals surface area contributed by atoms with Gasteiger partial charge in [0.05, 0.1) is 18.6 Å². The van der Waals surface area contributed by atoms with Crippen molar-refractivity contribution in [1.29, 1.82) is 0 Å². The molecular formula is C13H14ClF3O2. The summed E-state index contributed by atoms with van der Waals surface area (Å²) < 4.78 is 45.5. The van der Waals surface area contributed by atoms with Crippen molar-refractivity contribution < 1.29 is 22.6 Å². The number of fused-ring (bicyclic) bond motifs is 1. The van der Waals surface area contributed by atoms with Crippen molar-refractivity contribution in [2.45, 2.75) is 31.2 Å². The van der Waals surface area contributed by atoms with E-state index in [4.69, 9.17) is 16.3 Å². The maximum Gasteiger partial charge on any atom is 0.411 e. The van der Waals surface area contributed by atoms with Gasteiger partial charge in [0.1, 0.15) is 6.61 Å². The summed E-state index contributed by atoms with van der Waals surface area (Å²) in [5, 5.41) is -0.348. The number of halogens is 4. The quantitative estimate of drug-likeness (QED) is 0.604. The lowest BCUT2D eigenvalue weighted by atomic mass is 10.0. The van der Waals surface area contributed by atoms with Gasteiger partial charge in [-0.2, -0.15) is 13.2 Å². The summed E-state index contributed by atoms with van der Waals surface area (Å²) in [4.78, 5) is 0. The van der Waals surface area contributed by atoms with E-state index in [1.54, 1.807) is 0 Å². The molecule has 0 fully saturated rings. The summed E-state index contributed by atoms with van der Waals surface area (Å²) >= 11 is 6.16. The van der Waals surface area contributed by atoms with Crippen LogP contribution in [0.15, 0.2) is 18.2 Å². The van der Waals surface area contributed by atoms with Crippen molar-refractivity contribution in [2.24, 2.45) is 0 Å². The van der Waals surface area contributed by atoms with Crippen molar-refractivity contribution in [1.82, 2.24) is 0 Å². The van der Waals surface area contributed by atoms with Crippen LogP contribution in [0.25, 0.3) is 0 Å².